The molecule has 2 saturated heterocycles. The van der Waals surface area contributed by atoms with Crippen LogP contribution in [0.25, 0.3) is 22.3 Å². The zero-order valence-corrected chi connectivity index (χ0v) is 38.9. The number of nitrogens with two attached hydrogens (primary N) is 1. The summed E-state index contributed by atoms with van der Waals surface area (Å²) in [4.78, 5) is 66.4. The lowest BCUT2D eigenvalue weighted by atomic mass is 9.90. The van der Waals surface area contributed by atoms with Crippen LogP contribution in [0.2, 0.25) is 0 Å². The van der Waals surface area contributed by atoms with Crippen LogP contribution >= 0.6 is 0 Å². The Hall–Kier alpha value is -6.51. The van der Waals surface area contributed by atoms with Gasteiger partial charge in [0.25, 0.3) is 11.8 Å². The van der Waals surface area contributed by atoms with Crippen molar-refractivity contribution >= 4 is 46.2 Å². The summed E-state index contributed by atoms with van der Waals surface area (Å²) in [6, 6.07) is 22.4. The molecule has 19 heteroatoms. The highest BCUT2D eigenvalue weighted by atomic mass is 16.5. The second-order valence-electron chi connectivity index (χ2n) is 17.7. The minimum atomic E-state index is -0.834. The first-order valence-electron chi connectivity index (χ1n) is 24.1. The van der Waals surface area contributed by atoms with Crippen LogP contribution in [-0.4, -0.2) is 162 Å². The molecule has 4 amide bonds. The number of benzene rings is 3. The quantitative estimate of drug-likeness (QED) is 0.0601. The number of hydrogen-bond donors (Lipinski definition) is 4. The number of para-hydroxylation sites is 1. The minimum Gasteiger partial charge on any atom is -0.457 e. The lowest BCUT2D eigenvalue weighted by Gasteiger charge is -2.42. The summed E-state index contributed by atoms with van der Waals surface area (Å²) in [5.41, 5.74) is 9.72. The Morgan fingerprint density at radius 3 is 2.22 bits per heavy atom. The molecule has 3 fully saturated rings. The number of piperazine rings is 1. The second kappa shape index (κ2) is 22.7. The van der Waals surface area contributed by atoms with Crippen molar-refractivity contribution in [3.05, 3.63) is 90.3 Å². The van der Waals surface area contributed by atoms with Gasteiger partial charge in [0, 0.05) is 63.1 Å². The van der Waals surface area contributed by atoms with Gasteiger partial charge < -0.3 is 40.6 Å². The van der Waals surface area contributed by atoms with Crippen molar-refractivity contribution in [1.82, 2.24) is 45.1 Å². The van der Waals surface area contributed by atoms with Crippen molar-refractivity contribution in [2.45, 2.75) is 56.7 Å². The molecule has 1 saturated carbocycles. The van der Waals surface area contributed by atoms with E-state index >= 15 is 0 Å². The van der Waals surface area contributed by atoms with Crippen LogP contribution in [0.4, 0.5) is 11.5 Å². The van der Waals surface area contributed by atoms with E-state index in [1.54, 1.807) is 18.2 Å². The number of aromatic nitrogens is 4. The Bertz CT molecular complexity index is 2560. The van der Waals surface area contributed by atoms with Crippen molar-refractivity contribution in [1.29, 1.82) is 0 Å². The summed E-state index contributed by atoms with van der Waals surface area (Å²) >= 11 is 0. The van der Waals surface area contributed by atoms with E-state index in [0.29, 0.717) is 83.1 Å². The van der Waals surface area contributed by atoms with Gasteiger partial charge >= 0.3 is 0 Å². The molecule has 0 spiro atoms. The third-order valence-electron chi connectivity index (χ3n) is 13.4. The highest BCUT2D eigenvalue weighted by Gasteiger charge is 2.44. The second-order valence-corrected chi connectivity index (χ2v) is 17.7. The Morgan fingerprint density at radius 1 is 0.754 bits per heavy atom. The number of nitrogens with one attached hydrogen (secondary N) is 3. The van der Waals surface area contributed by atoms with E-state index < -0.39 is 17.9 Å². The highest BCUT2D eigenvalue weighted by molar-refractivity contribution is 6.25. The predicted octanol–water partition coefficient (Wildman–Crippen LogP) is 4.12. The van der Waals surface area contributed by atoms with Crippen LogP contribution in [0.3, 0.4) is 0 Å². The third-order valence-corrected chi connectivity index (χ3v) is 13.4. The summed E-state index contributed by atoms with van der Waals surface area (Å²) in [5.74, 6) is 0.302. The summed E-state index contributed by atoms with van der Waals surface area (Å²) in [6.45, 7) is 8.48. The minimum absolute atomic E-state index is 0.102. The molecule has 0 radical (unpaired) electrons. The number of carbonyl (C=O) groups is 4. The molecule has 1 atom stereocenters. The summed E-state index contributed by atoms with van der Waals surface area (Å²) in [6.07, 6.45) is 6.88. The van der Waals surface area contributed by atoms with Crippen LogP contribution in [0, 0.1) is 0 Å². The van der Waals surface area contributed by atoms with Gasteiger partial charge in [-0.2, -0.15) is 5.10 Å². The summed E-state index contributed by atoms with van der Waals surface area (Å²) < 4.78 is 25.2. The van der Waals surface area contributed by atoms with E-state index in [1.807, 2.05) is 54.6 Å². The number of fused-ring (bicyclic) bond motifs is 2. The third kappa shape index (κ3) is 11.3. The number of nitrogens with zero attached hydrogens (tertiary/aromatic N) is 7. The van der Waals surface area contributed by atoms with Gasteiger partial charge in [-0.25, -0.2) is 14.6 Å². The fourth-order valence-electron chi connectivity index (χ4n) is 9.75. The zero-order valence-electron chi connectivity index (χ0n) is 38.9. The molecule has 5 aromatic rings. The van der Waals surface area contributed by atoms with Crippen LogP contribution in [-0.2, 0) is 23.8 Å². The zero-order chi connectivity index (χ0) is 47.5. The first-order valence-corrected chi connectivity index (χ1v) is 24.1. The molecule has 69 heavy (non-hydrogen) atoms. The van der Waals surface area contributed by atoms with E-state index in [1.165, 1.54) is 6.33 Å². The maximum absolute atomic E-state index is 13.3. The van der Waals surface area contributed by atoms with Crippen molar-refractivity contribution in [2.24, 2.45) is 0 Å². The van der Waals surface area contributed by atoms with Crippen molar-refractivity contribution < 1.29 is 38.1 Å². The van der Waals surface area contributed by atoms with E-state index in [2.05, 4.69) is 40.4 Å². The monoisotopic (exact) mass is 943 g/mol. The molecule has 5 N–H and O–H groups in total. The van der Waals surface area contributed by atoms with Gasteiger partial charge in [-0.1, -0.05) is 24.3 Å². The van der Waals surface area contributed by atoms with Crippen molar-refractivity contribution in [3.63, 3.8) is 0 Å². The standard InChI is InChI=1S/C50H61N11O8/c51-46-44-45(34-11-17-38(18-12-34)69-37-6-2-1-3-7-37)57-61(47(44)56-33-55-46)36-15-13-35(14-16-36)59-23-21-58(22-24-59)25-27-67-29-31-68-30-28-66-26-20-52-42(62)32-54-40-9-4-8-39-43(40)50(65)60(49(39)64)41-10-5-19-53-48(41)63/h1-4,6-9,11-12,17-18,33,35-36,41,54H,5,10,13-16,19-32H2,(H,52,62)(H,53,63)(H2,51,55,56). The lowest BCUT2D eigenvalue weighted by Crippen LogP contribution is -2.52. The number of piperidine rings is 1. The molecule has 5 heterocycles. The van der Waals surface area contributed by atoms with Crippen molar-refractivity contribution in [3.8, 4) is 22.8 Å². The van der Waals surface area contributed by atoms with E-state index in [9.17, 15) is 19.2 Å². The molecule has 9 rings (SSSR count). The van der Waals surface area contributed by atoms with Crippen LogP contribution < -0.4 is 26.4 Å². The lowest BCUT2D eigenvalue weighted by molar-refractivity contribution is -0.126. The molecular weight excluding hydrogens is 883 g/mol. The largest absolute Gasteiger partial charge is 0.457 e. The number of amides is 4. The first kappa shape index (κ1) is 47.6. The smallest absolute Gasteiger partial charge is 0.264 e. The molecule has 4 aliphatic rings. The molecule has 1 aliphatic carbocycles. The fraction of sp³-hybridized carbons (Fsp3) is 0.460. The van der Waals surface area contributed by atoms with E-state index in [-0.39, 0.29) is 35.5 Å². The maximum atomic E-state index is 13.3. The van der Waals surface area contributed by atoms with E-state index in [0.717, 1.165) is 97.1 Å². The first-order chi connectivity index (χ1) is 33.8. The number of carbonyl (C=O) groups excluding carboxylic acids is 4. The molecule has 3 aromatic carbocycles. The van der Waals surface area contributed by atoms with E-state index in [4.69, 9.17) is 29.8 Å². The molecule has 0 bridgehead atoms. The Morgan fingerprint density at radius 2 is 1.46 bits per heavy atom. The average molecular weight is 944 g/mol. The Kier molecular flexibility index (Phi) is 15.7. The average Bonchev–Trinajstić information content (AvgIpc) is 3.89. The number of ether oxygens (including phenoxy) is 4. The molecule has 364 valence electrons. The number of anilines is 2. The molecule has 1 unspecified atom stereocenters. The van der Waals surface area contributed by atoms with Crippen LogP contribution in [0.15, 0.2) is 79.1 Å². The SMILES string of the molecule is Nc1ncnc2c1c(-c1ccc(Oc3ccccc3)cc1)nn2C1CCC(N2CCN(CCOCCOCCOCCNC(=O)CNc3cccc4c3C(=O)N(C3CCCNC3=O)C4=O)CC2)CC1. The van der Waals surface area contributed by atoms with Crippen LogP contribution in [0.5, 0.6) is 11.5 Å². The summed E-state index contributed by atoms with van der Waals surface area (Å²) in [5, 5.41) is 14.4. The predicted molar refractivity (Wildman–Crippen MR) is 258 cm³/mol. The van der Waals surface area contributed by atoms with Gasteiger partial charge in [0.2, 0.25) is 11.8 Å². The van der Waals surface area contributed by atoms with Gasteiger partial charge in [-0.05, 0) is 87.1 Å². The van der Waals surface area contributed by atoms with Gasteiger partial charge in [0.05, 0.1) is 68.7 Å². The van der Waals surface area contributed by atoms with Gasteiger partial charge in [0.15, 0.2) is 5.65 Å². The highest BCUT2D eigenvalue weighted by Crippen LogP contribution is 2.38. The van der Waals surface area contributed by atoms with Gasteiger partial charge in [-0.15, -0.1) is 0 Å². The Labute approximate surface area is 401 Å². The fourth-order valence-corrected chi connectivity index (χ4v) is 9.75. The Balaban J connectivity index is 0.606. The molecular formula is C50H61N11O8. The van der Waals surface area contributed by atoms with Gasteiger partial charge in [0.1, 0.15) is 35.4 Å². The molecule has 19 nitrogen and oxygen atoms in total. The maximum Gasteiger partial charge on any atom is 0.264 e. The number of hydrogen-bond acceptors (Lipinski definition) is 15. The number of rotatable bonds is 21. The topological polar surface area (TPSA) is 221 Å². The van der Waals surface area contributed by atoms with Crippen molar-refractivity contribution in [2.75, 3.05) is 103 Å². The molecule has 3 aliphatic heterocycles. The normalized spacial score (nSPS) is 20.0. The van der Waals surface area contributed by atoms with Crippen LogP contribution in [0.1, 0.15) is 65.3 Å². The molecule has 2 aromatic heterocycles. The number of imide groups is 1. The van der Waals surface area contributed by atoms with Gasteiger partial charge in [-0.3, -0.25) is 33.9 Å². The summed E-state index contributed by atoms with van der Waals surface area (Å²) in [7, 11) is 0. The number of nitrogen functional groups attached to an aromatic ring is 1.